The van der Waals surface area contributed by atoms with E-state index in [1.807, 2.05) is 36.4 Å². The van der Waals surface area contributed by atoms with E-state index >= 15 is 0 Å². The Balaban J connectivity index is 1.71. The molecule has 0 aliphatic heterocycles. The summed E-state index contributed by atoms with van der Waals surface area (Å²) in [5.41, 5.74) is 4.58. The van der Waals surface area contributed by atoms with Crippen molar-refractivity contribution in [3.63, 3.8) is 0 Å². The number of hydrazone groups is 1. The number of carbonyl (C=O) groups is 1. The lowest BCUT2D eigenvalue weighted by molar-refractivity contribution is -0.118. The molecule has 0 radical (unpaired) electrons. The molecule has 27 heavy (non-hydrogen) atoms. The summed E-state index contributed by atoms with van der Waals surface area (Å²) in [4.78, 5) is 10.8. The van der Waals surface area contributed by atoms with Gasteiger partial charge in [-0.05, 0) is 47.7 Å². The summed E-state index contributed by atoms with van der Waals surface area (Å²) < 4.78 is 11.5. The highest BCUT2D eigenvalue weighted by Crippen LogP contribution is 2.21. The maximum absolute atomic E-state index is 10.8. The maximum Gasteiger partial charge on any atom is 0.236 e. The lowest BCUT2D eigenvalue weighted by Crippen LogP contribution is -2.12. The number of hydrogen-bond donors (Lipinski definition) is 1. The first-order chi connectivity index (χ1) is 13.1. The second kappa shape index (κ2) is 11.0. The highest BCUT2D eigenvalue weighted by atomic mass is 16.5. The van der Waals surface area contributed by atoms with Crippen molar-refractivity contribution in [3.8, 4) is 11.5 Å². The van der Waals surface area contributed by atoms with E-state index in [1.165, 1.54) is 12.5 Å². The molecule has 0 spiro atoms. The van der Waals surface area contributed by atoms with E-state index in [0.717, 1.165) is 29.9 Å². The predicted molar refractivity (Wildman–Crippen MR) is 109 cm³/mol. The van der Waals surface area contributed by atoms with E-state index in [1.54, 1.807) is 6.21 Å². The fourth-order valence-electron chi connectivity index (χ4n) is 2.45. The molecule has 1 N–H and O–H groups in total. The standard InChI is InChI=1S/C22H28N2O3/c1-4-17(2)20-9-11-21(12-10-20)26-13-6-14-27-22-8-5-7-19(15-22)16-23-24-18(3)25/h5,7-12,15-17H,4,6,13-14H2,1-3H3,(H,24,25). The third-order valence-corrected chi connectivity index (χ3v) is 4.18. The van der Waals surface area contributed by atoms with Crippen LogP contribution in [0.2, 0.25) is 0 Å². The quantitative estimate of drug-likeness (QED) is 0.381. The van der Waals surface area contributed by atoms with Crippen molar-refractivity contribution in [2.24, 2.45) is 5.10 Å². The molecule has 0 aliphatic rings. The Morgan fingerprint density at radius 3 is 2.48 bits per heavy atom. The van der Waals surface area contributed by atoms with Crippen molar-refractivity contribution in [3.05, 3.63) is 59.7 Å². The van der Waals surface area contributed by atoms with Gasteiger partial charge in [0.25, 0.3) is 0 Å². The summed E-state index contributed by atoms with van der Waals surface area (Å²) in [6.45, 7) is 7.01. The van der Waals surface area contributed by atoms with Crippen molar-refractivity contribution >= 4 is 12.1 Å². The van der Waals surface area contributed by atoms with Gasteiger partial charge in [0.05, 0.1) is 19.4 Å². The average molecular weight is 368 g/mol. The third-order valence-electron chi connectivity index (χ3n) is 4.18. The van der Waals surface area contributed by atoms with Gasteiger partial charge in [0, 0.05) is 13.3 Å². The van der Waals surface area contributed by atoms with Gasteiger partial charge in [-0.15, -0.1) is 0 Å². The van der Waals surface area contributed by atoms with E-state index < -0.39 is 0 Å². The molecule has 2 rings (SSSR count). The van der Waals surface area contributed by atoms with Crippen LogP contribution in [-0.2, 0) is 4.79 Å². The van der Waals surface area contributed by atoms with Crippen LogP contribution in [0.3, 0.4) is 0 Å². The summed E-state index contributed by atoms with van der Waals surface area (Å²) in [6.07, 6.45) is 3.51. The fraction of sp³-hybridized carbons (Fsp3) is 0.364. The summed E-state index contributed by atoms with van der Waals surface area (Å²) in [6, 6.07) is 15.9. The number of benzene rings is 2. The van der Waals surface area contributed by atoms with Gasteiger partial charge in [-0.3, -0.25) is 4.79 Å². The van der Waals surface area contributed by atoms with Crippen LogP contribution < -0.4 is 14.9 Å². The number of rotatable bonds is 10. The second-order valence-corrected chi connectivity index (χ2v) is 6.43. The van der Waals surface area contributed by atoms with Crippen LogP contribution in [0.15, 0.2) is 53.6 Å². The Hall–Kier alpha value is -2.82. The zero-order valence-corrected chi connectivity index (χ0v) is 16.3. The van der Waals surface area contributed by atoms with Gasteiger partial charge in [0.1, 0.15) is 11.5 Å². The van der Waals surface area contributed by atoms with Crippen molar-refractivity contribution in [2.75, 3.05) is 13.2 Å². The van der Waals surface area contributed by atoms with Crippen molar-refractivity contribution in [2.45, 2.75) is 39.5 Å². The summed E-state index contributed by atoms with van der Waals surface area (Å²) in [5.74, 6) is 2.03. The molecule has 144 valence electrons. The van der Waals surface area contributed by atoms with Crippen LogP contribution in [0.4, 0.5) is 0 Å². The molecule has 2 aromatic carbocycles. The van der Waals surface area contributed by atoms with Crippen LogP contribution in [0.5, 0.6) is 11.5 Å². The first-order valence-electron chi connectivity index (χ1n) is 9.33. The van der Waals surface area contributed by atoms with Crippen molar-refractivity contribution < 1.29 is 14.3 Å². The van der Waals surface area contributed by atoms with E-state index in [0.29, 0.717) is 19.1 Å². The molecule has 2 aromatic rings. The van der Waals surface area contributed by atoms with Gasteiger partial charge in [0.2, 0.25) is 5.91 Å². The predicted octanol–water partition coefficient (Wildman–Crippen LogP) is 4.52. The zero-order valence-electron chi connectivity index (χ0n) is 16.3. The molecule has 5 heteroatoms. The van der Waals surface area contributed by atoms with Gasteiger partial charge in [0.15, 0.2) is 0 Å². The Morgan fingerprint density at radius 2 is 1.81 bits per heavy atom. The van der Waals surface area contributed by atoms with Gasteiger partial charge < -0.3 is 9.47 Å². The van der Waals surface area contributed by atoms with Gasteiger partial charge in [-0.1, -0.05) is 38.1 Å². The lowest BCUT2D eigenvalue weighted by atomic mass is 9.99. The van der Waals surface area contributed by atoms with Gasteiger partial charge in [-0.25, -0.2) is 5.43 Å². The molecule has 0 heterocycles. The molecule has 1 unspecified atom stereocenters. The molecule has 0 saturated carbocycles. The SMILES string of the molecule is CCC(C)c1ccc(OCCCOc2cccc(C=NNC(C)=O)c2)cc1. The topological polar surface area (TPSA) is 59.9 Å². The Kier molecular flexibility index (Phi) is 8.36. The summed E-state index contributed by atoms with van der Waals surface area (Å²) >= 11 is 0. The average Bonchev–Trinajstić information content (AvgIpc) is 2.67. The van der Waals surface area contributed by atoms with E-state index in [-0.39, 0.29) is 5.91 Å². The maximum atomic E-state index is 10.8. The van der Waals surface area contributed by atoms with E-state index in [2.05, 4.69) is 36.5 Å². The minimum Gasteiger partial charge on any atom is -0.493 e. The molecule has 1 atom stereocenters. The van der Waals surface area contributed by atoms with Crippen LogP contribution in [0.1, 0.15) is 50.7 Å². The molecule has 0 aliphatic carbocycles. The molecular weight excluding hydrogens is 340 g/mol. The monoisotopic (exact) mass is 368 g/mol. The smallest absolute Gasteiger partial charge is 0.236 e. The van der Waals surface area contributed by atoms with Crippen molar-refractivity contribution in [1.29, 1.82) is 0 Å². The van der Waals surface area contributed by atoms with Crippen molar-refractivity contribution in [1.82, 2.24) is 5.43 Å². The Bertz CT molecular complexity index is 741. The molecule has 5 nitrogen and oxygen atoms in total. The van der Waals surface area contributed by atoms with Gasteiger partial charge >= 0.3 is 0 Å². The normalized spacial score (nSPS) is 12.0. The highest BCUT2D eigenvalue weighted by Gasteiger charge is 2.03. The van der Waals surface area contributed by atoms with Crippen LogP contribution in [0, 0.1) is 0 Å². The summed E-state index contributed by atoms with van der Waals surface area (Å²) in [5, 5.41) is 3.85. The molecular formula is C22H28N2O3. The summed E-state index contributed by atoms with van der Waals surface area (Å²) in [7, 11) is 0. The van der Waals surface area contributed by atoms with Crippen LogP contribution in [0.25, 0.3) is 0 Å². The lowest BCUT2D eigenvalue weighted by Gasteiger charge is -2.11. The number of nitrogens with zero attached hydrogens (tertiary/aromatic N) is 1. The molecule has 0 bridgehead atoms. The largest absolute Gasteiger partial charge is 0.493 e. The molecule has 0 aromatic heterocycles. The van der Waals surface area contributed by atoms with Gasteiger partial charge in [-0.2, -0.15) is 5.10 Å². The van der Waals surface area contributed by atoms with Crippen LogP contribution in [-0.4, -0.2) is 25.3 Å². The van der Waals surface area contributed by atoms with Crippen LogP contribution >= 0.6 is 0 Å². The number of nitrogens with one attached hydrogen (secondary N) is 1. The number of hydrogen-bond acceptors (Lipinski definition) is 4. The first-order valence-corrected chi connectivity index (χ1v) is 9.33. The number of ether oxygens (including phenoxy) is 2. The zero-order chi connectivity index (χ0) is 19.5. The van der Waals surface area contributed by atoms with E-state index in [4.69, 9.17) is 9.47 Å². The Labute approximate surface area is 161 Å². The number of carbonyl (C=O) groups excluding carboxylic acids is 1. The third kappa shape index (κ3) is 7.52. The molecule has 0 fully saturated rings. The highest BCUT2D eigenvalue weighted by molar-refractivity contribution is 5.82. The Morgan fingerprint density at radius 1 is 1.11 bits per heavy atom. The second-order valence-electron chi connectivity index (χ2n) is 6.43. The molecule has 0 saturated heterocycles. The fourth-order valence-corrected chi connectivity index (χ4v) is 2.45. The van der Waals surface area contributed by atoms with E-state index in [9.17, 15) is 4.79 Å². The minimum absolute atomic E-state index is 0.201. The first kappa shape index (κ1) is 20.5. The number of amides is 1. The minimum atomic E-state index is -0.201. The molecule has 1 amide bonds.